The van der Waals surface area contributed by atoms with Crippen LogP contribution >= 0.6 is 45.2 Å². The molecule has 6 heteroatoms. The van der Waals surface area contributed by atoms with Gasteiger partial charge in [-0.05, 0) is 59.7 Å². The Kier molecular flexibility index (Phi) is 6.50. The van der Waals surface area contributed by atoms with E-state index in [-0.39, 0.29) is 12.2 Å². The Morgan fingerprint density at radius 3 is 2.70 bits per heavy atom. The molecule has 0 saturated carbocycles. The maximum absolute atomic E-state index is 12.2. The van der Waals surface area contributed by atoms with Crippen molar-refractivity contribution in [2.75, 3.05) is 29.1 Å². The quantitative estimate of drug-likeness (QED) is 0.471. The average Bonchev–Trinajstić information content (AvgIpc) is 2.46. The maximum atomic E-state index is 12.2. The highest BCUT2D eigenvalue weighted by atomic mass is 127. The van der Waals surface area contributed by atoms with Gasteiger partial charge in [-0.2, -0.15) is 0 Å². The minimum Gasteiger partial charge on any atom is -0.351 e. The number of carbonyl (C=O) groups excluding carboxylic acids is 1. The van der Waals surface area contributed by atoms with E-state index in [9.17, 15) is 4.79 Å². The number of hydrogen-bond donors (Lipinski definition) is 0. The molecule has 1 amide bonds. The van der Waals surface area contributed by atoms with Crippen LogP contribution in [-0.4, -0.2) is 36.4 Å². The first-order valence-electron chi connectivity index (χ1n) is 6.47. The van der Waals surface area contributed by atoms with Crippen molar-refractivity contribution in [3.63, 3.8) is 0 Å². The van der Waals surface area contributed by atoms with E-state index in [0.29, 0.717) is 24.2 Å². The molecule has 1 aromatic rings. The molecule has 0 radical (unpaired) electrons. The summed E-state index contributed by atoms with van der Waals surface area (Å²) in [6.07, 6.45) is 0.591. The van der Waals surface area contributed by atoms with Crippen molar-refractivity contribution in [2.45, 2.75) is 19.6 Å². The van der Waals surface area contributed by atoms with Crippen LogP contribution in [0.5, 0.6) is 0 Å². The van der Waals surface area contributed by atoms with E-state index in [4.69, 9.17) is 9.47 Å². The van der Waals surface area contributed by atoms with E-state index in [1.807, 2.05) is 19.1 Å². The van der Waals surface area contributed by atoms with E-state index in [0.717, 1.165) is 21.2 Å². The lowest BCUT2D eigenvalue weighted by atomic mass is 10.2. The number of benzene rings is 1. The van der Waals surface area contributed by atoms with Gasteiger partial charge >= 0.3 is 0 Å². The summed E-state index contributed by atoms with van der Waals surface area (Å²) in [5, 5.41) is 0. The molecule has 1 aromatic carbocycles. The lowest BCUT2D eigenvalue weighted by Gasteiger charge is -2.30. The molecule has 0 aliphatic carbocycles. The molecule has 1 heterocycles. The lowest BCUT2D eigenvalue weighted by Crippen LogP contribution is -2.42. The number of aryl methyl sites for hydroxylation is 1. The van der Waals surface area contributed by atoms with Gasteiger partial charge in [-0.1, -0.05) is 22.6 Å². The van der Waals surface area contributed by atoms with Gasteiger partial charge in [-0.25, -0.2) is 0 Å². The topological polar surface area (TPSA) is 38.8 Å². The first kappa shape index (κ1) is 16.4. The molecule has 4 nitrogen and oxygen atoms in total. The number of alkyl halides is 1. The summed E-state index contributed by atoms with van der Waals surface area (Å²) in [6, 6.07) is 6.08. The fourth-order valence-electron chi connectivity index (χ4n) is 2.12. The highest BCUT2D eigenvalue weighted by Crippen LogP contribution is 2.24. The van der Waals surface area contributed by atoms with Crippen molar-refractivity contribution in [1.29, 1.82) is 0 Å². The van der Waals surface area contributed by atoms with Gasteiger partial charge in [0.05, 0.1) is 24.2 Å². The molecule has 2 rings (SSSR count). The molecule has 0 N–H and O–H groups in total. The van der Waals surface area contributed by atoms with E-state index in [1.54, 1.807) is 4.90 Å². The molecule has 0 aromatic heterocycles. The van der Waals surface area contributed by atoms with Crippen LogP contribution in [0.1, 0.15) is 12.0 Å². The second-order valence-corrected chi connectivity index (χ2v) is 6.60. The number of rotatable bonds is 4. The number of halogens is 2. The minimum absolute atomic E-state index is 0.0766. The van der Waals surface area contributed by atoms with Gasteiger partial charge in [0.15, 0.2) is 6.29 Å². The maximum Gasteiger partial charge on any atom is 0.237 e. The summed E-state index contributed by atoms with van der Waals surface area (Å²) >= 11 is 4.37. The SMILES string of the molecule is Cc1cc(I)ccc1N(CC1OCCCO1)C(=O)CI. The first-order chi connectivity index (χ1) is 9.61. The summed E-state index contributed by atoms with van der Waals surface area (Å²) in [5.74, 6) is 0.0766. The molecule has 0 unspecified atom stereocenters. The smallest absolute Gasteiger partial charge is 0.237 e. The summed E-state index contributed by atoms with van der Waals surface area (Å²) in [7, 11) is 0. The van der Waals surface area contributed by atoms with Crippen LogP contribution in [0.4, 0.5) is 5.69 Å². The number of hydrogen-bond acceptors (Lipinski definition) is 3. The standard InChI is InChI=1S/C14H17I2NO3/c1-10-7-11(16)3-4-12(10)17(13(18)8-15)9-14-19-5-2-6-20-14/h3-4,7,14H,2,5-6,8-9H2,1H3. The molecule has 1 fully saturated rings. The predicted octanol–water partition coefficient (Wildman–Crippen LogP) is 3.13. The molecule has 110 valence electrons. The molecular weight excluding hydrogens is 484 g/mol. The highest BCUT2D eigenvalue weighted by Gasteiger charge is 2.23. The number of anilines is 1. The molecular formula is C14H17I2NO3. The molecule has 1 aliphatic rings. The molecule has 0 spiro atoms. The van der Waals surface area contributed by atoms with Gasteiger partial charge in [0.25, 0.3) is 0 Å². The van der Waals surface area contributed by atoms with Crippen molar-refractivity contribution in [3.8, 4) is 0 Å². The zero-order chi connectivity index (χ0) is 14.5. The number of ether oxygens (including phenoxy) is 2. The van der Waals surface area contributed by atoms with Crippen LogP contribution in [0.15, 0.2) is 18.2 Å². The highest BCUT2D eigenvalue weighted by molar-refractivity contribution is 14.1. The van der Waals surface area contributed by atoms with Crippen molar-refractivity contribution in [1.82, 2.24) is 0 Å². The second kappa shape index (κ2) is 7.90. The summed E-state index contributed by atoms with van der Waals surface area (Å²) in [4.78, 5) is 14.0. The summed E-state index contributed by atoms with van der Waals surface area (Å²) in [6.45, 7) is 3.86. The van der Waals surface area contributed by atoms with Crippen molar-refractivity contribution in [2.24, 2.45) is 0 Å². The molecule has 1 saturated heterocycles. The second-order valence-electron chi connectivity index (χ2n) is 4.59. The predicted molar refractivity (Wildman–Crippen MR) is 95.4 cm³/mol. The summed E-state index contributed by atoms with van der Waals surface area (Å²) in [5.41, 5.74) is 2.02. The number of carbonyl (C=O) groups is 1. The number of amides is 1. The van der Waals surface area contributed by atoms with Crippen molar-refractivity contribution in [3.05, 3.63) is 27.3 Å². The third kappa shape index (κ3) is 4.28. The monoisotopic (exact) mass is 501 g/mol. The van der Waals surface area contributed by atoms with Crippen LogP contribution in [0.3, 0.4) is 0 Å². The zero-order valence-corrected chi connectivity index (χ0v) is 15.6. The fraction of sp³-hybridized carbons (Fsp3) is 0.500. The summed E-state index contributed by atoms with van der Waals surface area (Å²) < 4.78 is 12.7. The van der Waals surface area contributed by atoms with Crippen LogP contribution < -0.4 is 4.90 Å². The molecule has 1 aliphatic heterocycles. The Labute approximate surface area is 146 Å². The first-order valence-corrected chi connectivity index (χ1v) is 9.08. The Morgan fingerprint density at radius 2 is 2.10 bits per heavy atom. The van der Waals surface area contributed by atoms with Gasteiger partial charge in [0.1, 0.15) is 0 Å². The van der Waals surface area contributed by atoms with Gasteiger partial charge in [0.2, 0.25) is 5.91 Å². The Bertz CT molecular complexity index is 475. The van der Waals surface area contributed by atoms with Crippen LogP contribution in [0.2, 0.25) is 0 Å². The van der Waals surface area contributed by atoms with Crippen molar-refractivity contribution < 1.29 is 14.3 Å². The lowest BCUT2D eigenvalue weighted by molar-refractivity contribution is -0.173. The normalized spacial score (nSPS) is 16.1. The minimum atomic E-state index is -0.325. The third-order valence-corrected chi connectivity index (χ3v) is 4.42. The Hall–Kier alpha value is 0.0700. The van der Waals surface area contributed by atoms with Crippen molar-refractivity contribution >= 4 is 56.8 Å². The fourth-order valence-corrected chi connectivity index (χ4v) is 3.18. The van der Waals surface area contributed by atoms with Gasteiger partial charge in [-0.15, -0.1) is 0 Å². The van der Waals surface area contributed by atoms with Gasteiger partial charge in [0, 0.05) is 9.26 Å². The van der Waals surface area contributed by atoms with E-state index in [1.165, 1.54) is 0 Å². The van der Waals surface area contributed by atoms with E-state index >= 15 is 0 Å². The van der Waals surface area contributed by atoms with E-state index in [2.05, 4.69) is 51.2 Å². The van der Waals surface area contributed by atoms with E-state index < -0.39 is 0 Å². The largest absolute Gasteiger partial charge is 0.351 e. The van der Waals surface area contributed by atoms with Crippen LogP contribution in [-0.2, 0) is 14.3 Å². The average molecular weight is 501 g/mol. The van der Waals surface area contributed by atoms with Crippen LogP contribution in [0.25, 0.3) is 0 Å². The van der Waals surface area contributed by atoms with Crippen LogP contribution in [0, 0.1) is 10.5 Å². The Morgan fingerprint density at radius 1 is 1.40 bits per heavy atom. The zero-order valence-electron chi connectivity index (χ0n) is 11.3. The number of nitrogens with zero attached hydrogens (tertiary/aromatic N) is 1. The third-order valence-electron chi connectivity index (χ3n) is 3.09. The molecule has 20 heavy (non-hydrogen) atoms. The Balaban J connectivity index is 2.20. The van der Waals surface area contributed by atoms with Gasteiger partial charge in [-0.3, -0.25) is 4.79 Å². The molecule has 0 bridgehead atoms. The van der Waals surface area contributed by atoms with Gasteiger partial charge < -0.3 is 14.4 Å². The molecule has 0 atom stereocenters.